The highest BCUT2D eigenvalue weighted by Gasteiger charge is 2.25. The van der Waals surface area contributed by atoms with Crippen LogP contribution in [0.15, 0.2) is 24.5 Å². The van der Waals surface area contributed by atoms with Crippen LogP contribution in [0.25, 0.3) is 0 Å². The fourth-order valence-corrected chi connectivity index (χ4v) is 2.42. The first kappa shape index (κ1) is 13.8. The first-order chi connectivity index (χ1) is 9.09. The van der Waals surface area contributed by atoms with Crippen molar-refractivity contribution >= 4 is 6.03 Å². The molecule has 1 aromatic rings. The molecule has 0 radical (unpaired) electrons. The Morgan fingerprint density at radius 2 is 2.00 bits per heavy atom. The molecule has 104 valence electrons. The Kier molecular flexibility index (Phi) is 4.37. The van der Waals surface area contributed by atoms with E-state index in [-0.39, 0.29) is 6.03 Å². The molecular formula is C14H22N4O. The van der Waals surface area contributed by atoms with Crippen molar-refractivity contribution in [1.29, 1.82) is 0 Å². The predicted molar refractivity (Wildman–Crippen MR) is 74.9 cm³/mol. The van der Waals surface area contributed by atoms with Gasteiger partial charge < -0.3 is 9.80 Å². The number of hydrogen-bond donors (Lipinski definition) is 0. The molecule has 2 rings (SSSR count). The van der Waals surface area contributed by atoms with Crippen LogP contribution in [0.3, 0.4) is 0 Å². The van der Waals surface area contributed by atoms with Crippen LogP contribution < -0.4 is 0 Å². The lowest BCUT2D eigenvalue weighted by Gasteiger charge is -2.38. The van der Waals surface area contributed by atoms with Crippen molar-refractivity contribution in [1.82, 2.24) is 19.7 Å². The molecule has 1 unspecified atom stereocenters. The summed E-state index contributed by atoms with van der Waals surface area (Å²) in [4.78, 5) is 22.0. The number of rotatable bonds is 2. The summed E-state index contributed by atoms with van der Waals surface area (Å²) in [5.41, 5.74) is 1.23. The lowest BCUT2D eigenvalue weighted by atomic mass is 10.1. The summed E-state index contributed by atoms with van der Waals surface area (Å²) < 4.78 is 0. The normalized spacial score (nSPS) is 18.2. The highest BCUT2D eigenvalue weighted by atomic mass is 16.2. The van der Waals surface area contributed by atoms with Gasteiger partial charge in [0.25, 0.3) is 0 Å². The number of amides is 2. The van der Waals surface area contributed by atoms with Gasteiger partial charge in [0.1, 0.15) is 0 Å². The van der Waals surface area contributed by atoms with Crippen LogP contribution in [0.4, 0.5) is 4.79 Å². The molecule has 1 fully saturated rings. The van der Waals surface area contributed by atoms with E-state index in [1.807, 2.05) is 17.2 Å². The number of hydrogen-bond acceptors (Lipinski definition) is 3. The number of urea groups is 1. The zero-order valence-corrected chi connectivity index (χ0v) is 11.9. The van der Waals surface area contributed by atoms with Gasteiger partial charge >= 0.3 is 6.03 Å². The topological polar surface area (TPSA) is 39.7 Å². The summed E-state index contributed by atoms with van der Waals surface area (Å²) in [6, 6.07) is 4.53. The van der Waals surface area contributed by atoms with E-state index in [0.717, 1.165) is 26.2 Å². The molecule has 5 nitrogen and oxygen atoms in total. The first-order valence-electron chi connectivity index (χ1n) is 6.70. The summed E-state index contributed by atoms with van der Waals surface area (Å²) in [6.45, 7) is 5.61. The Hall–Kier alpha value is -1.62. The number of carbonyl (C=O) groups is 1. The van der Waals surface area contributed by atoms with Crippen LogP contribution in [0.1, 0.15) is 18.5 Å². The SMILES string of the molecule is CC(c1cccnc1)N1CCN(C(=O)N(C)C)CC1. The molecule has 0 spiro atoms. The van der Waals surface area contributed by atoms with Crippen molar-refractivity contribution in [3.63, 3.8) is 0 Å². The molecule has 1 aliphatic rings. The van der Waals surface area contributed by atoms with E-state index < -0.39 is 0 Å². The van der Waals surface area contributed by atoms with Gasteiger partial charge in [-0.2, -0.15) is 0 Å². The van der Waals surface area contributed by atoms with Gasteiger partial charge in [-0.1, -0.05) is 6.07 Å². The predicted octanol–water partition coefficient (Wildman–Crippen LogP) is 1.44. The van der Waals surface area contributed by atoms with Crippen LogP contribution in [0, 0.1) is 0 Å². The first-order valence-corrected chi connectivity index (χ1v) is 6.70. The fourth-order valence-electron chi connectivity index (χ4n) is 2.42. The molecule has 2 amide bonds. The number of pyridine rings is 1. The highest BCUT2D eigenvalue weighted by Crippen LogP contribution is 2.20. The van der Waals surface area contributed by atoms with Gasteiger partial charge in [-0.25, -0.2) is 4.79 Å². The van der Waals surface area contributed by atoms with Crippen molar-refractivity contribution < 1.29 is 4.79 Å². The Morgan fingerprint density at radius 1 is 1.32 bits per heavy atom. The number of nitrogens with zero attached hydrogens (tertiary/aromatic N) is 4. The maximum atomic E-state index is 11.9. The van der Waals surface area contributed by atoms with Gasteiger partial charge in [-0.05, 0) is 18.6 Å². The molecule has 0 aliphatic carbocycles. The van der Waals surface area contributed by atoms with E-state index in [4.69, 9.17) is 0 Å². The molecule has 1 aliphatic heterocycles. The van der Waals surface area contributed by atoms with Crippen molar-refractivity contribution in [2.45, 2.75) is 13.0 Å². The van der Waals surface area contributed by atoms with Gasteiger partial charge in [-0.3, -0.25) is 9.88 Å². The van der Waals surface area contributed by atoms with Gasteiger partial charge in [0.05, 0.1) is 0 Å². The van der Waals surface area contributed by atoms with Gasteiger partial charge in [0.2, 0.25) is 0 Å². The van der Waals surface area contributed by atoms with Crippen molar-refractivity contribution in [3.05, 3.63) is 30.1 Å². The van der Waals surface area contributed by atoms with Gasteiger partial charge in [0, 0.05) is 58.7 Å². The minimum atomic E-state index is 0.105. The van der Waals surface area contributed by atoms with Crippen LogP contribution in [-0.4, -0.2) is 66.0 Å². The van der Waals surface area contributed by atoms with Crippen LogP contribution in [0.2, 0.25) is 0 Å². The van der Waals surface area contributed by atoms with E-state index in [1.165, 1.54) is 5.56 Å². The second-order valence-electron chi connectivity index (χ2n) is 5.16. The Morgan fingerprint density at radius 3 is 2.53 bits per heavy atom. The molecule has 1 saturated heterocycles. The third-order valence-electron chi connectivity index (χ3n) is 3.68. The zero-order valence-electron chi connectivity index (χ0n) is 11.9. The smallest absolute Gasteiger partial charge is 0.319 e. The van der Waals surface area contributed by atoms with Crippen molar-refractivity contribution in [3.8, 4) is 0 Å². The van der Waals surface area contributed by atoms with Gasteiger partial charge in [-0.15, -0.1) is 0 Å². The molecule has 1 aromatic heterocycles. The maximum Gasteiger partial charge on any atom is 0.319 e. The van der Waals surface area contributed by atoms with Crippen molar-refractivity contribution in [2.24, 2.45) is 0 Å². The summed E-state index contributed by atoms with van der Waals surface area (Å²) in [7, 11) is 3.60. The molecule has 0 saturated carbocycles. The third kappa shape index (κ3) is 3.23. The molecule has 2 heterocycles. The fraction of sp³-hybridized carbons (Fsp3) is 0.571. The molecule has 0 aromatic carbocycles. The van der Waals surface area contributed by atoms with Crippen molar-refractivity contribution in [2.75, 3.05) is 40.3 Å². The Labute approximate surface area is 114 Å². The molecule has 1 atom stereocenters. The average molecular weight is 262 g/mol. The second kappa shape index (κ2) is 6.02. The monoisotopic (exact) mass is 262 g/mol. The van der Waals surface area contributed by atoms with E-state index in [9.17, 15) is 4.79 Å². The minimum absolute atomic E-state index is 0.105. The lowest BCUT2D eigenvalue weighted by molar-refractivity contribution is 0.102. The molecule has 5 heteroatoms. The highest BCUT2D eigenvalue weighted by molar-refractivity contribution is 5.73. The summed E-state index contributed by atoms with van der Waals surface area (Å²) in [6.07, 6.45) is 3.71. The minimum Gasteiger partial charge on any atom is -0.331 e. The lowest BCUT2D eigenvalue weighted by Crippen LogP contribution is -2.51. The standard InChI is InChI=1S/C14H22N4O/c1-12(13-5-4-6-15-11-13)17-7-9-18(10-8-17)14(19)16(2)3/h4-6,11-12H,7-10H2,1-3H3. The number of carbonyl (C=O) groups excluding carboxylic acids is 1. The quantitative estimate of drug-likeness (QED) is 0.809. The summed E-state index contributed by atoms with van der Waals surface area (Å²) >= 11 is 0. The summed E-state index contributed by atoms with van der Waals surface area (Å²) in [5, 5.41) is 0. The number of aromatic nitrogens is 1. The molecule has 0 bridgehead atoms. The van der Waals surface area contributed by atoms with E-state index >= 15 is 0 Å². The Balaban J connectivity index is 1.91. The zero-order chi connectivity index (χ0) is 13.8. The van der Waals surface area contributed by atoms with E-state index in [1.54, 1.807) is 25.2 Å². The van der Waals surface area contributed by atoms with Crippen LogP contribution in [-0.2, 0) is 0 Å². The molecular weight excluding hydrogens is 240 g/mol. The number of piperazine rings is 1. The molecule has 19 heavy (non-hydrogen) atoms. The third-order valence-corrected chi connectivity index (χ3v) is 3.68. The Bertz CT molecular complexity index is 413. The largest absolute Gasteiger partial charge is 0.331 e. The molecule has 0 N–H and O–H groups in total. The van der Waals surface area contributed by atoms with E-state index in [2.05, 4.69) is 22.9 Å². The summed E-state index contributed by atoms with van der Waals surface area (Å²) in [5.74, 6) is 0. The van der Waals surface area contributed by atoms with Crippen LogP contribution >= 0.6 is 0 Å². The van der Waals surface area contributed by atoms with Gasteiger partial charge in [0.15, 0.2) is 0 Å². The second-order valence-corrected chi connectivity index (χ2v) is 5.16. The van der Waals surface area contributed by atoms with E-state index in [0.29, 0.717) is 6.04 Å². The maximum absolute atomic E-state index is 11.9. The van der Waals surface area contributed by atoms with Crippen LogP contribution in [0.5, 0.6) is 0 Å². The average Bonchev–Trinajstić information content (AvgIpc) is 2.46.